The molecule has 0 saturated heterocycles. The van der Waals surface area contributed by atoms with Gasteiger partial charge in [-0.3, -0.25) is 4.99 Å². The van der Waals surface area contributed by atoms with Crippen molar-refractivity contribution in [3.63, 3.8) is 0 Å². The first-order valence-corrected chi connectivity index (χ1v) is 7.82. The van der Waals surface area contributed by atoms with Crippen molar-refractivity contribution in [2.45, 2.75) is 25.9 Å². The Labute approximate surface area is 135 Å². The quantitative estimate of drug-likeness (QED) is 0.347. The number of benzene rings is 1. The van der Waals surface area contributed by atoms with Crippen LogP contribution in [0.4, 0.5) is 0 Å². The second-order valence-corrected chi connectivity index (χ2v) is 5.76. The molecule has 4 nitrogen and oxygen atoms in total. The van der Waals surface area contributed by atoms with Crippen molar-refractivity contribution in [3.8, 4) is 0 Å². The highest BCUT2D eigenvalue weighted by Gasteiger charge is 2.07. The summed E-state index contributed by atoms with van der Waals surface area (Å²) in [6.07, 6.45) is 4.09. The summed E-state index contributed by atoms with van der Waals surface area (Å²) in [5.41, 5.74) is 2.67. The fourth-order valence-corrected chi connectivity index (χ4v) is 2.36. The number of hydrogen-bond donors (Lipinski definition) is 1. The maximum atomic E-state index is 4.37. The lowest BCUT2D eigenvalue weighted by Gasteiger charge is -2.22. The Morgan fingerprint density at radius 2 is 1.91 bits per heavy atom. The first-order chi connectivity index (χ1) is 10.6. The molecule has 0 aliphatic heterocycles. The number of aliphatic imine (C=N–C) groups is 1. The van der Waals surface area contributed by atoms with Crippen LogP contribution in [-0.4, -0.2) is 50.5 Å². The predicted octanol–water partition coefficient (Wildman–Crippen LogP) is 2.72. The van der Waals surface area contributed by atoms with E-state index < -0.39 is 0 Å². The van der Waals surface area contributed by atoms with Crippen LogP contribution in [0.5, 0.6) is 0 Å². The summed E-state index contributed by atoms with van der Waals surface area (Å²) in [4.78, 5) is 8.72. The first kappa shape index (κ1) is 18.2. The number of nitrogens with one attached hydrogen (secondary N) is 1. The second kappa shape index (κ2) is 10.0. The number of allylic oxidation sites excluding steroid dienone is 1. The minimum absolute atomic E-state index is 0.794. The predicted molar refractivity (Wildman–Crippen MR) is 96.1 cm³/mol. The van der Waals surface area contributed by atoms with Gasteiger partial charge in [0, 0.05) is 33.7 Å². The molecule has 1 rings (SSSR count). The smallest absolute Gasteiger partial charge is 0.193 e. The maximum Gasteiger partial charge on any atom is 0.193 e. The van der Waals surface area contributed by atoms with Crippen LogP contribution in [0.15, 0.2) is 41.9 Å². The molecule has 0 radical (unpaired) electrons. The van der Waals surface area contributed by atoms with Crippen LogP contribution in [-0.2, 0) is 13.1 Å². The number of rotatable bonds is 8. The molecule has 0 unspecified atom stereocenters. The average Bonchev–Trinajstić information content (AvgIpc) is 2.49. The third-order valence-corrected chi connectivity index (χ3v) is 3.52. The fourth-order valence-electron chi connectivity index (χ4n) is 2.36. The van der Waals surface area contributed by atoms with E-state index in [1.165, 1.54) is 11.1 Å². The first-order valence-electron chi connectivity index (χ1n) is 7.82. The highest BCUT2D eigenvalue weighted by atomic mass is 15.3. The summed E-state index contributed by atoms with van der Waals surface area (Å²) in [7, 11) is 8.09. The minimum atomic E-state index is 0.794. The van der Waals surface area contributed by atoms with Crippen molar-refractivity contribution < 1.29 is 0 Å². The van der Waals surface area contributed by atoms with E-state index in [2.05, 4.69) is 72.1 Å². The van der Waals surface area contributed by atoms with Crippen LogP contribution in [0.1, 0.15) is 24.0 Å². The molecule has 122 valence electrons. The summed E-state index contributed by atoms with van der Waals surface area (Å²) < 4.78 is 0. The summed E-state index contributed by atoms with van der Waals surface area (Å²) in [5, 5.41) is 3.46. The van der Waals surface area contributed by atoms with Gasteiger partial charge >= 0.3 is 0 Å². The summed E-state index contributed by atoms with van der Waals surface area (Å²) in [6.45, 7) is 6.48. The molecule has 22 heavy (non-hydrogen) atoms. The van der Waals surface area contributed by atoms with Gasteiger partial charge in [-0.15, -0.1) is 6.58 Å². The van der Waals surface area contributed by atoms with Gasteiger partial charge in [0.2, 0.25) is 0 Å². The molecule has 0 aliphatic rings. The van der Waals surface area contributed by atoms with Crippen LogP contribution in [0.25, 0.3) is 0 Å². The Hall–Kier alpha value is -1.81. The fraction of sp³-hybridized carbons (Fsp3) is 0.500. The minimum Gasteiger partial charge on any atom is -0.352 e. The molecule has 0 aliphatic carbocycles. The van der Waals surface area contributed by atoms with Crippen LogP contribution >= 0.6 is 0 Å². The molecule has 1 aromatic rings. The lowest BCUT2D eigenvalue weighted by Crippen LogP contribution is -2.39. The maximum absolute atomic E-state index is 4.37. The van der Waals surface area contributed by atoms with E-state index in [0.29, 0.717) is 0 Å². The molecule has 4 heteroatoms. The van der Waals surface area contributed by atoms with Crippen LogP contribution in [0, 0.1) is 0 Å². The van der Waals surface area contributed by atoms with Gasteiger partial charge < -0.3 is 15.1 Å². The van der Waals surface area contributed by atoms with Crippen molar-refractivity contribution >= 4 is 5.96 Å². The molecule has 0 aromatic heterocycles. The van der Waals surface area contributed by atoms with E-state index >= 15 is 0 Å². The number of hydrogen-bond acceptors (Lipinski definition) is 2. The van der Waals surface area contributed by atoms with Gasteiger partial charge in [-0.2, -0.15) is 0 Å². The summed E-state index contributed by atoms with van der Waals surface area (Å²) >= 11 is 0. The van der Waals surface area contributed by atoms with Gasteiger partial charge in [-0.25, -0.2) is 0 Å². The zero-order valence-corrected chi connectivity index (χ0v) is 14.5. The van der Waals surface area contributed by atoms with Gasteiger partial charge in [-0.1, -0.05) is 30.3 Å². The third kappa shape index (κ3) is 6.31. The van der Waals surface area contributed by atoms with Crippen LogP contribution in [0.2, 0.25) is 0 Å². The van der Waals surface area contributed by atoms with Crippen molar-refractivity contribution in [1.29, 1.82) is 0 Å². The molecule has 0 spiro atoms. The Balaban J connectivity index is 2.61. The van der Waals surface area contributed by atoms with Gasteiger partial charge in [0.15, 0.2) is 5.96 Å². The van der Waals surface area contributed by atoms with Gasteiger partial charge in [0.05, 0.1) is 0 Å². The molecule has 1 aromatic carbocycles. The second-order valence-electron chi connectivity index (χ2n) is 5.76. The number of guanidine groups is 1. The lowest BCUT2D eigenvalue weighted by atomic mass is 10.1. The normalized spacial score (nSPS) is 11.6. The van der Waals surface area contributed by atoms with Crippen molar-refractivity contribution in [2.75, 3.05) is 34.7 Å². The molecule has 0 fully saturated rings. The number of unbranched alkanes of at least 4 members (excludes halogenated alkanes) is 1. The molecule has 0 saturated carbocycles. The zero-order valence-electron chi connectivity index (χ0n) is 14.5. The molecule has 0 heterocycles. The van der Waals surface area contributed by atoms with Crippen LogP contribution < -0.4 is 5.32 Å². The van der Waals surface area contributed by atoms with Crippen molar-refractivity contribution in [3.05, 3.63) is 48.0 Å². The van der Waals surface area contributed by atoms with Crippen molar-refractivity contribution in [1.82, 2.24) is 15.1 Å². The molecule has 0 amide bonds. The Morgan fingerprint density at radius 1 is 1.23 bits per heavy atom. The van der Waals surface area contributed by atoms with Gasteiger partial charge in [0.25, 0.3) is 0 Å². The van der Waals surface area contributed by atoms with Gasteiger partial charge in [0.1, 0.15) is 0 Å². The highest BCUT2D eigenvalue weighted by molar-refractivity contribution is 5.79. The standard InChI is InChI=1S/C18H30N4/c1-6-7-10-13-22(5)18(19-2)20-14-16-11-8-9-12-17(16)15-21(3)4/h6,8-9,11-12H,1,7,10,13-15H2,2-5H3,(H,19,20). The topological polar surface area (TPSA) is 30.9 Å². The van der Waals surface area contributed by atoms with Crippen LogP contribution in [0.3, 0.4) is 0 Å². The molecule has 0 bridgehead atoms. The van der Waals surface area contributed by atoms with E-state index in [1.54, 1.807) is 0 Å². The van der Waals surface area contributed by atoms with Crippen molar-refractivity contribution in [2.24, 2.45) is 4.99 Å². The van der Waals surface area contributed by atoms with E-state index in [4.69, 9.17) is 0 Å². The molecular formula is C18H30N4. The lowest BCUT2D eigenvalue weighted by molar-refractivity contribution is 0.400. The van der Waals surface area contributed by atoms with E-state index in [0.717, 1.165) is 38.4 Å². The van der Waals surface area contributed by atoms with E-state index in [9.17, 15) is 0 Å². The molecule has 0 atom stereocenters. The molecular weight excluding hydrogens is 272 g/mol. The monoisotopic (exact) mass is 302 g/mol. The Bertz CT molecular complexity index is 480. The number of nitrogens with zero attached hydrogens (tertiary/aromatic N) is 3. The summed E-state index contributed by atoms with van der Waals surface area (Å²) in [5.74, 6) is 0.934. The van der Waals surface area contributed by atoms with E-state index in [1.807, 2.05) is 13.1 Å². The summed E-state index contributed by atoms with van der Waals surface area (Å²) in [6, 6.07) is 8.55. The Morgan fingerprint density at radius 3 is 2.50 bits per heavy atom. The zero-order chi connectivity index (χ0) is 16.4. The Kier molecular flexibility index (Phi) is 8.30. The largest absolute Gasteiger partial charge is 0.352 e. The van der Waals surface area contributed by atoms with E-state index in [-0.39, 0.29) is 0 Å². The molecule has 1 N–H and O–H groups in total. The van der Waals surface area contributed by atoms with Gasteiger partial charge in [-0.05, 0) is 38.1 Å². The average molecular weight is 302 g/mol. The third-order valence-electron chi connectivity index (χ3n) is 3.52. The SMILES string of the molecule is C=CCCCN(C)C(=NC)NCc1ccccc1CN(C)C. The highest BCUT2D eigenvalue weighted by Crippen LogP contribution is 2.10.